The van der Waals surface area contributed by atoms with E-state index in [0.29, 0.717) is 0 Å². The van der Waals surface area contributed by atoms with Crippen LogP contribution in [-0.4, -0.2) is 59.2 Å². The lowest BCUT2D eigenvalue weighted by Gasteiger charge is -2.28. The molecule has 1 fully saturated rings. The molecule has 0 atom stereocenters. The highest BCUT2D eigenvalue weighted by Gasteiger charge is 2.31. The summed E-state index contributed by atoms with van der Waals surface area (Å²) in [5.41, 5.74) is 0. The Balaban J connectivity index is 1.99. The number of H-pyrrole nitrogens is 1. The highest BCUT2D eigenvalue weighted by atomic mass is 32.2. The molecule has 1 aliphatic rings. The van der Waals surface area contributed by atoms with E-state index in [1.807, 2.05) is 0 Å². The van der Waals surface area contributed by atoms with E-state index in [1.54, 1.807) is 0 Å². The number of nitrogens with zero attached hydrogens (tertiary/aromatic N) is 3. The molecule has 10 nitrogen and oxygen atoms in total. The first kappa shape index (κ1) is 14.5. The van der Waals surface area contributed by atoms with Crippen LogP contribution in [-0.2, 0) is 15.0 Å². The molecule has 0 aromatic carbocycles. The molecule has 2 heterocycles. The molecular weight excluding hydrogens is 290 g/mol. The molecule has 0 amide bonds. The number of nitrogens with one attached hydrogen (secondary N) is 2. The molecule has 112 valence electrons. The van der Waals surface area contributed by atoms with Gasteiger partial charge in [0.15, 0.2) is 0 Å². The van der Waals surface area contributed by atoms with Gasteiger partial charge in [-0.05, 0) is 12.8 Å². The standard InChI is InChI=1S/C9H15N5O5S/c1-19-9-10-8(11-12-9)13-20(17,18)14-4-2-6(3-5-14)7(15)16/h6H,2-5H2,1H3,(H,15,16)(H2,10,11,12,13). The quantitative estimate of drug-likeness (QED) is 0.651. The van der Waals surface area contributed by atoms with Crippen molar-refractivity contribution in [3.63, 3.8) is 0 Å². The number of anilines is 1. The van der Waals surface area contributed by atoms with Crippen molar-refractivity contribution in [2.75, 3.05) is 24.9 Å². The van der Waals surface area contributed by atoms with Crippen molar-refractivity contribution in [1.29, 1.82) is 0 Å². The molecule has 2 rings (SSSR count). The number of aromatic nitrogens is 3. The zero-order valence-corrected chi connectivity index (χ0v) is 11.6. The highest BCUT2D eigenvalue weighted by Crippen LogP contribution is 2.20. The fourth-order valence-electron chi connectivity index (χ4n) is 1.91. The first-order chi connectivity index (χ1) is 9.42. The summed E-state index contributed by atoms with van der Waals surface area (Å²) in [6, 6.07) is 0.0206. The summed E-state index contributed by atoms with van der Waals surface area (Å²) >= 11 is 0. The SMILES string of the molecule is COc1n[nH]c(NS(=O)(=O)N2CCC(C(=O)O)CC2)n1. The fraction of sp³-hybridized carbons (Fsp3) is 0.667. The highest BCUT2D eigenvalue weighted by molar-refractivity contribution is 7.90. The monoisotopic (exact) mass is 305 g/mol. The second kappa shape index (κ2) is 5.63. The Hall–Kier alpha value is -1.88. The maximum atomic E-state index is 12.1. The normalized spacial score (nSPS) is 17.9. The van der Waals surface area contributed by atoms with Gasteiger partial charge >= 0.3 is 22.2 Å². The molecule has 0 saturated carbocycles. The lowest BCUT2D eigenvalue weighted by molar-refractivity contribution is -0.142. The summed E-state index contributed by atoms with van der Waals surface area (Å²) in [5, 5.41) is 14.9. The van der Waals surface area contributed by atoms with E-state index in [2.05, 4.69) is 19.9 Å². The summed E-state index contributed by atoms with van der Waals surface area (Å²) < 4.78 is 32.3. The van der Waals surface area contributed by atoms with E-state index >= 15 is 0 Å². The number of rotatable bonds is 5. The molecule has 1 saturated heterocycles. The molecule has 0 aliphatic carbocycles. The summed E-state index contributed by atoms with van der Waals surface area (Å²) in [6.45, 7) is 0.301. The van der Waals surface area contributed by atoms with E-state index in [9.17, 15) is 13.2 Å². The summed E-state index contributed by atoms with van der Waals surface area (Å²) in [7, 11) is -2.42. The largest absolute Gasteiger partial charge is 0.481 e. The van der Waals surface area contributed by atoms with Gasteiger partial charge in [0.2, 0.25) is 5.95 Å². The topological polar surface area (TPSA) is 138 Å². The number of hydrogen-bond acceptors (Lipinski definition) is 6. The van der Waals surface area contributed by atoms with E-state index in [0.717, 1.165) is 0 Å². The molecule has 0 unspecified atom stereocenters. The van der Waals surface area contributed by atoms with Crippen LogP contribution in [0.1, 0.15) is 12.8 Å². The molecule has 3 N–H and O–H groups in total. The van der Waals surface area contributed by atoms with Crippen LogP contribution in [0.15, 0.2) is 0 Å². The van der Waals surface area contributed by atoms with Crippen molar-refractivity contribution in [1.82, 2.24) is 19.5 Å². The van der Waals surface area contributed by atoms with Gasteiger partial charge in [-0.2, -0.15) is 17.7 Å². The molecular formula is C9H15N5O5S. The summed E-state index contributed by atoms with van der Waals surface area (Å²) in [6.07, 6.45) is 0.575. The van der Waals surface area contributed by atoms with Crippen LogP contribution in [0, 0.1) is 5.92 Å². The van der Waals surface area contributed by atoms with Crippen LogP contribution in [0.2, 0.25) is 0 Å². The predicted molar refractivity (Wildman–Crippen MR) is 67.4 cm³/mol. The van der Waals surface area contributed by atoms with Crippen LogP contribution in [0.25, 0.3) is 0 Å². The van der Waals surface area contributed by atoms with Crippen molar-refractivity contribution in [2.24, 2.45) is 5.92 Å². The third kappa shape index (κ3) is 3.17. The van der Waals surface area contributed by atoms with Crippen molar-refractivity contribution in [3.8, 4) is 6.01 Å². The van der Waals surface area contributed by atoms with Crippen molar-refractivity contribution in [3.05, 3.63) is 0 Å². The summed E-state index contributed by atoms with van der Waals surface area (Å²) in [5.74, 6) is -1.44. The maximum absolute atomic E-state index is 12.1. The Bertz CT molecular complexity index is 577. The number of carboxylic acid groups (broad SMARTS) is 1. The Labute approximate surface area is 115 Å². The van der Waals surface area contributed by atoms with Gasteiger partial charge in [-0.3, -0.25) is 4.79 Å². The van der Waals surface area contributed by atoms with Gasteiger partial charge in [-0.25, -0.2) is 9.82 Å². The zero-order valence-electron chi connectivity index (χ0n) is 10.7. The van der Waals surface area contributed by atoms with Crippen LogP contribution >= 0.6 is 0 Å². The average molecular weight is 305 g/mol. The number of carboxylic acids is 1. The van der Waals surface area contributed by atoms with Crippen LogP contribution in [0.4, 0.5) is 5.95 Å². The van der Waals surface area contributed by atoms with Gasteiger partial charge in [0, 0.05) is 13.1 Å². The second-order valence-electron chi connectivity index (χ2n) is 4.29. The third-order valence-electron chi connectivity index (χ3n) is 3.02. The second-order valence-corrected chi connectivity index (χ2v) is 5.96. The maximum Gasteiger partial charge on any atom is 0.336 e. The van der Waals surface area contributed by atoms with E-state index < -0.39 is 22.1 Å². The van der Waals surface area contributed by atoms with E-state index in [4.69, 9.17) is 9.84 Å². The molecule has 0 spiro atoms. The van der Waals surface area contributed by atoms with E-state index in [-0.39, 0.29) is 37.9 Å². The van der Waals surface area contributed by atoms with Gasteiger partial charge in [-0.1, -0.05) is 0 Å². The molecule has 1 aromatic heterocycles. The Morgan fingerprint density at radius 1 is 1.50 bits per heavy atom. The molecule has 11 heteroatoms. The lowest BCUT2D eigenvalue weighted by atomic mass is 9.99. The van der Waals surface area contributed by atoms with Crippen molar-refractivity contribution < 1.29 is 23.1 Å². The van der Waals surface area contributed by atoms with Crippen molar-refractivity contribution >= 4 is 22.1 Å². The number of hydrogen-bond donors (Lipinski definition) is 3. The predicted octanol–water partition coefficient (Wildman–Crippen LogP) is -0.733. The lowest BCUT2D eigenvalue weighted by Crippen LogP contribution is -2.43. The molecule has 1 aromatic rings. The Morgan fingerprint density at radius 2 is 2.15 bits per heavy atom. The van der Waals surface area contributed by atoms with Crippen LogP contribution in [0.5, 0.6) is 6.01 Å². The molecule has 1 aliphatic heterocycles. The number of carbonyl (C=O) groups is 1. The minimum absolute atomic E-state index is 0.0206. The smallest absolute Gasteiger partial charge is 0.336 e. The molecule has 0 radical (unpaired) electrons. The number of piperidine rings is 1. The Kier molecular flexibility index (Phi) is 4.09. The number of aromatic amines is 1. The van der Waals surface area contributed by atoms with Gasteiger partial charge in [0.25, 0.3) is 0 Å². The minimum Gasteiger partial charge on any atom is -0.481 e. The Morgan fingerprint density at radius 3 is 2.65 bits per heavy atom. The molecule has 0 bridgehead atoms. The first-order valence-electron chi connectivity index (χ1n) is 5.89. The minimum atomic E-state index is -3.78. The number of methoxy groups -OCH3 is 1. The zero-order chi connectivity index (χ0) is 14.8. The third-order valence-corrected chi connectivity index (χ3v) is 4.51. The number of aliphatic carboxylic acids is 1. The number of ether oxygens (including phenoxy) is 1. The fourth-order valence-corrected chi connectivity index (χ4v) is 3.07. The first-order valence-corrected chi connectivity index (χ1v) is 7.33. The van der Waals surface area contributed by atoms with E-state index in [1.165, 1.54) is 11.4 Å². The average Bonchev–Trinajstić information content (AvgIpc) is 2.85. The van der Waals surface area contributed by atoms with Gasteiger partial charge in [-0.15, -0.1) is 5.10 Å². The van der Waals surface area contributed by atoms with Crippen molar-refractivity contribution in [2.45, 2.75) is 12.8 Å². The van der Waals surface area contributed by atoms with Gasteiger partial charge < -0.3 is 9.84 Å². The van der Waals surface area contributed by atoms with Crippen LogP contribution < -0.4 is 9.46 Å². The van der Waals surface area contributed by atoms with Crippen LogP contribution in [0.3, 0.4) is 0 Å². The van der Waals surface area contributed by atoms with Gasteiger partial charge in [0.05, 0.1) is 13.0 Å². The summed E-state index contributed by atoms with van der Waals surface area (Å²) in [4.78, 5) is 14.6. The van der Waals surface area contributed by atoms with Gasteiger partial charge in [0.1, 0.15) is 0 Å². The molecule has 20 heavy (non-hydrogen) atoms.